The number of carbonyl (C=O) groups is 1. The van der Waals surface area contributed by atoms with Gasteiger partial charge in [-0.25, -0.2) is 15.0 Å². The number of hydrogen-bond donors (Lipinski definition) is 1. The summed E-state index contributed by atoms with van der Waals surface area (Å²) in [5.41, 5.74) is 2.34. The van der Waals surface area contributed by atoms with Gasteiger partial charge in [0.05, 0.1) is 10.6 Å². The normalized spacial score (nSPS) is 8.53. The van der Waals surface area contributed by atoms with Gasteiger partial charge in [0.1, 0.15) is 10.3 Å². The molecule has 0 fully saturated rings. The molecular weight excluding hydrogens is 549 g/mol. The van der Waals surface area contributed by atoms with E-state index < -0.39 is 0 Å². The molecule has 1 N–H and O–H groups in total. The zero-order valence-corrected chi connectivity index (χ0v) is 22.4. The Balaban J connectivity index is -0.000000373. The van der Waals surface area contributed by atoms with Gasteiger partial charge in [0.25, 0.3) is 0 Å². The van der Waals surface area contributed by atoms with E-state index in [1.807, 2.05) is 19.1 Å². The van der Waals surface area contributed by atoms with Gasteiger partial charge in [0.2, 0.25) is 0 Å². The molecule has 6 nitrogen and oxygen atoms in total. The number of Topliss-reactive ketones (excluding diaryl/α,β-unsaturated/α-hetero) is 1. The van der Waals surface area contributed by atoms with Gasteiger partial charge in [-0.05, 0) is 50.2 Å². The van der Waals surface area contributed by atoms with E-state index in [4.69, 9.17) is 34.8 Å². The van der Waals surface area contributed by atoms with Crippen LogP contribution in [0.1, 0.15) is 30.4 Å². The van der Waals surface area contributed by atoms with Crippen molar-refractivity contribution in [2.24, 2.45) is 0 Å². The molecule has 168 valence electrons. The molecule has 4 aromatic heterocycles. The number of rotatable bonds is 1. The van der Waals surface area contributed by atoms with E-state index in [-0.39, 0.29) is 65.8 Å². The summed E-state index contributed by atoms with van der Waals surface area (Å²) in [5, 5.41) is 9.07. The minimum Gasteiger partial charge on any atom is -1.00 e. The van der Waals surface area contributed by atoms with Crippen molar-refractivity contribution in [1.82, 2.24) is 25.1 Å². The topological polar surface area (TPSA) is 84.4 Å². The molecule has 0 unspecified atom stereocenters. The third-order valence-corrected chi connectivity index (χ3v) is 4.38. The van der Waals surface area contributed by atoms with Crippen LogP contribution in [0, 0.1) is 14.4 Å². The molecule has 0 bridgehead atoms. The van der Waals surface area contributed by atoms with Gasteiger partial charge < -0.3 is 24.4 Å². The number of ketones is 1. The minimum absolute atomic E-state index is 0. The Morgan fingerprint density at radius 1 is 0.906 bits per heavy atom. The quantitative estimate of drug-likeness (QED) is 0.164. The van der Waals surface area contributed by atoms with Crippen molar-refractivity contribution in [1.29, 1.82) is 0 Å². The molecule has 0 amide bonds. The number of aryl methyl sites for hydroxylation is 1. The number of aromatic amines is 1. The van der Waals surface area contributed by atoms with E-state index in [0.29, 0.717) is 15.7 Å². The Kier molecular flexibility index (Phi) is 20.0. The molecule has 4 aromatic rings. The smallest absolute Gasteiger partial charge is 1.00 e. The third-order valence-electron chi connectivity index (χ3n) is 3.37. The van der Waals surface area contributed by atoms with Crippen LogP contribution in [0.25, 0.3) is 11.0 Å². The number of nitrogens with one attached hydrogen (secondary N) is 1. The average molecular weight is 572 g/mol. The number of aromatic nitrogens is 5. The largest absolute Gasteiger partial charge is 2.00 e. The van der Waals surface area contributed by atoms with Crippen LogP contribution in [0.5, 0.6) is 0 Å². The van der Waals surface area contributed by atoms with E-state index in [9.17, 15) is 4.79 Å². The summed E-state index contributed by atoms with van der Waals surface area (Å²) in [7, 11) is 0. The number of nitrogens with zero attached hydrogens (tertiary/aromatic N) is 4. The van der Waals surface area contributed by atoms with Crippen molar-refractivity contribution < 1.29 is 21.8 Å². The zero-order valence-electron chi connectivity index (χ0n) is 17.1. The van der Waals surface area contributed by atoms with Gasteiger partial charge in [0.15, 0.2) is 11.4 Å². The summed E-state index contributed by atoms with van der Waals surface area (Å²) in [4.78, 5) is 22.3. The van der Waals surface area contributed by atoms with Crippen LogP contribution >= 0.6 is 34.8 Å². The number of hydrogen-bond acceptors (Lipinski definition) is 5. The van der Waals surface area contributed by atoms with E-state index in [1.54, 1.807) is 42.9 Å². The number of H-pyrrole nitrogens is 1. The first kappa shape index (κ1) is 35.3. The molecule has 32 heavy (non-hydrogen) atoms. The molecule has 4 heterocycles. The molecule has 0 aliphatic carbocycles. The first-order valence-corrected chi connectivity index (χ1v) is 9.16. The van der Waals surface area contributed by atoms with Gasteiger partial charge in [-0.1, -0.05) is 42.2 Å². The fourth-order valence-electron chi connectivity index (χ4n) is 1.99. The molecule has 4 rings (SSSR count). The van der Waals surface area contributed by atoms with Gasteiger partial charge in [-0.15, -0.1) is 0 Å². The van der Waals surface area contributed by atoms with E-state index in [0.717, 1.165) is 16.7 Å². The van der Waals surface area contributed by atoms with Crippen molar-refractivity contribution in [3.63, 3.8) is 0 Å². The standard InChI is InChI=1S/C7H6ClNO.C7H7N3.C5H3Cl2N.CH4.CH3.BrH.Mg/c1-5(10)6-3-2-4-9-7(6)8;1-5-6-3-2-4-8-7(6)10-9-5;6-4-2-1-3-8-5(4)7;;;;/h2-4H,1H3;2-4H,1H3,(H,8,9,10);1-3H;1H4;1H3;1H;/q;;;;-1;;+2/p-1. The Hall–Kier alpha value is -1.29. The molecular formula is C21H23BrCl3MgN5O. The molecule has 0 aliphatic rings. The van der Waals surface area contributed by atoms with Crippen LogP contribution in [-0.2, 0) is 0 Å². The Morgan fingerprint density at radius 2 is 1.44 bits per heavy atom. The monoisotopic (exact) mass is 569 g/mol. The van der Waals surface area contributed by atoms with Crippen LogP contribution < -0.4 is 17.0 Å². The van der Waals surface area contributed by atoms with Crippen LogP contribution in [0.15, 0.2) is 55.0 Å². The summed E-state index contributed by atoms with van der Waals surface area (Å²) in [6, 6.07) is 10.7. The van der Waals surface area contributed by atoms with Crippen LogP contribution in [0.2, 0.25) is 15.3 Å². The van der Waals surface area contributed by atoms with Crippen molar-refractivity contribution in [3.05, 3.63) is 89.0 Å². The molecule has 0 radical (unpaired) electrons. The van der Waals surface area contributed by atoms with E-state index >= 15 is 0 Å². The second-order valence-electron chi connectivity index (χ2n) is 5.40. The molecule has 0 spiro atoms. The summed E-state index contributed by atoms with van der Waals surface area (Å²) in [6.07, 6.45) is 4.88. The van der Waals surface area contributed by atoms with Crippen LogP contribution in [0.4, 0.5) is 0 Å². The molecule has 11 heteroatoms. The number of fused-ring (bicyclic) bond motifs is 1. The van der Waals surface area contributed by atoms with Crippen molar-refractivity contribution in [2.75, 3.05) is 0 Å². The molecule has 0 saturated heterocycles. The maximum Gasteiger partial charge on any atom is 2.00 e. The van der Waals surface area contributed by atoms with E-state index in [2.05, 4.69) is 25.1 Å². The number of carbonyl (C=O) groups excluding carboxylic acids is 1. The average Bonchev–Trinajstić information content (AvgIpc) is 3.07. The minimum atomic E-state index is -0.0573. The first-order chi connectivity index (χ1) is 13.4. The summed E-state index contributed by atoms with van der Waals surface area (Å²) >= 11 is 16.6. The summed E-state index contributed by atoms with van der Waals surface area (Å²) in [5.74, 6) is -0.0573. The fraction of sp³-hybridized carbons (Fsp3) is 0.143. The zero-order chi connectivity index (χ0) is 20.5. The Bertz CT molecular complexity index is 1060. The second-order valence-corrected chi connectivity index (χ2v) is 6.52. The summed E-state index contributed by atoms with van der Waals surface area (Å²) in [6.45, 7) is 3.44. The number of halogens is 4. The SMILES string of the molecule is C.CC(=O)c1cccnc1Cl.Cc1[nH]nc2ncccc12.Clc1cccnc1Cl.[Br-].[CH3-].[Mg+2]. The van der Waals surface area contributed by atoms with Gasteiger partial charge in [0, 0.05) is 29.7 Å². The fourth-order valence-corrected chi connectivity index (χ4v) is 2.48. The van der Waals surface area contributed by atoms with Crippen LogP contribution in [-0.4, -0.2) is 54.0 Å². The van der Waals surface area contributed by atoms with Crippen molar-refractivity contribution in [2.45, 2.75) is 21.3 Å². The first-order valence-electron chi connectivity index (χ1n) is 8.03. The molecule has 0 atom stereocenters. The van der Waals surface area contributed by atoms with Crippen LogP contribution in [0.3, 0.4) is 0 Å². The van der Waals surface area contributed by atoms with Gasteiger partial charge in [-0.2, -0.15) is 5.10 Å². The van der Waals surface area contributed by atoms with Crippen molar-refractivity contribution in [3.8, 4) is 0 Å². The Morgan fingerprint density at radius 3 is 1.88 bits per heavy atom. The van der Waals surface area contributed by atoms with Crippen molar-refractivity contribution >= 4 is 74.7 Å². The molecule has 0 aromatic carbocycles. The van der Waals surface area contributed by atoms with E-state index in [1.165, 1.54) is 6.92 Å². The molecule has 0 aliphatic heterocycles. The van der Waals surface area contributed by atoms with Gasteiger partial charge in [-0.3, -0.25) is 9.89 Å². The predicted octanol–water partition coefficient (Wildman–Crippen LogP) is 3.30. The maximum absolute atomic E-state index is 10.7. The third kappa shape index (κ3) is 11.0. The second kappa shape index (κ2) is 18.2. The Labute approximate surface area is 230 Å². The van der Waals surface area contributed by atoms with Gasteiger partial charge >= 0.3 is 23.1 Å². The summed E-state index contributed by atoms with van der Waals surface area (Å²) < 4.78 is 0. The maximum atomic E-state index is 10.7. The predicted molar refractivity (Wildman–Crippen MR) is 131 cm³/mol. The molecule has 0 saturated carbocycles. The number of pyridine rings is 3.